The van der Waals surface area contributed by atoms with Gasteiger partial charge in [-0.2, -0.15) is 0 Å². The Morgan fingerprint density at radius 1 is 1.18 bits per heavy atom. The molecule has 0 aliphatic carbocycles. The summed E-state index contributed by atoms with van der Waals surface area (Å²) in [6.07, 6.45) is 4.19. The number of allylic oxidation sites excluding steroid dienone is 2. The molecule has 0 spiro atoms. The van der Waals surface area contributed by atoms with E-state index >= 15 is 0 Å². The molecule has 2 nitrogen and oxygen atoms in total. The minimum absolute atomic E-state index is 0.914. The molecule has 2 heteroatoms. The molecule has 0 heterocycles. The van der Waals surface area contributed by atoms with Gasteiger partial charge in [0.1, 0.15) is 0 Å². The van der Waals surface area contributed by atoms with E-state index in [2.05, 4.69) is 22.8 Å². The molecule has 0 radical (unpaired) electrons. The smallest absolute Gasteiger partial charge is 0.0336 e. The summed E-state index contributed by atoms with van der Waals surface area (Å²) in [5, 5.41) is 6.26. The van der Waals surface area contributed by atoms with Crippen molar-refractivity contribution in [1.82, 2.24) is 10.6 Å². The van der Waals surface area contributed by atoms with Crippen LogP contribution in [0, 0.1) is 0 Å². The highest BCUT2D eigenvalue weighted by Crippen LogP contribution is 2.03. The van der Waals surface area contributed by atoms with E-state index in [9.17, 15) is 0 Å². The molecule has 0 aromatic carbocycles. The molecule has 0 bridgehead atoms. The van der Waals surface area contributed by atoms with Gasteiger partial charge >= 0.3 is 0 Å². The van der Waals surface area contributed by atoms with Gasteiger partial charge in [-0.15, -0.1) is 0 Å². The van der Waals surface area contributed by atoms with Crippen molar-refractivity contribution >= 4 is 0 Å². The molecule has 11 heavy (non-hydrogen) atoms. The van der Waals surface area contributed by atoms with Gasteiger partial charge < -0.3 is 10.6 Å². The summed E-state index contributed by atoms with van der Waals surface area (Å²) >= 11 is 0. The quantitative estimate of drug-likeness (QED) is 0.596. The summed E-state index contributed by atoms with van der Waals surface area (Å²) < 4.78 is 0. The first kappa shape index (κ1) is 10.2. The molecule has 0 fully saturated rings. The normalized spacial score (nSPS) is 13.5. The summed E-state index contributed by atoms with van der Waals surface area (Å²) in [5.74, 6) is 0. The van der Waals surface area contributed by atoms with Crippen LogP contribution in [0.1, 0.15) is 13.8 Å². The van der Waals surface area contributed by atoms with Gasteiger partial charge in [0, 0.05) is 19.3 Å². The topological polar surface area (TPSA) is 24.1 Å². The van der Waals surface area contributed by atoms with E-state index in [1.165, 1.54) is 11.3 Å². The van der Waals surface area contributed by atoms with E-state index in [0.29, 0.717) is 0 Å². The van der Waals surface area contributed by atoms with Crippen LogP contribution in [0.4, 0.5) is 0 Å². The van der Waals surface area contributed by atoms with Crippen molar-refractivity contribution < 1.29 is 0 Å². The van der Waals surface area contributed by atoms with Crippen LogP contribution >= 0.6 is 0 Å². The Kier molecular flexibility index (Phi) is 5.57. The zero-order chi connectivity index (χ0) is 8.69. The molecule has 0 amide bonds. The Balaban J connectivity index is 4.24. The molecule has 0 atom stereocenters. The number of hydrogen-bond acceptors (Lipinski definition) is 2. The third-order valence-corrected chi connectivity index (χ3v) is 1.62. The molecular weight excluding hydrogens is 136 g/mol. The first-order chi connectivity index (χ1) is 5.29. The minimum Gasteiger partial charge on any atom is -0.388 e. The SMILES string of the molecule is C/C=C(CNC)\C(=C/C)NC. The lowest BCUT2D eigenvalue weighted by Gasteiger charge is -2.09. The van der Waals surface area contributed by atoms with Gasteiger partial charge in [0.25, 0.3) is 0 Å². The lowest BCUT2D eigenvalue weighted by atomic mass is 10.1. The Bertz CT molecular complexity index is 157. The molecule has 0 rings (SSSR count). The van der Waals surface area contributed by atoms with Crippen molar-refractivity contribution in [3.8, 4) is 0 Å². The van der Waals surface area contributed by atoms with Gasteiger partial charge in [0.15, 0.2) is 0 Å². The fraction of sp³-hybridized carbons (Fsp3) is 0.556. The van der Waals surface area contributed by atoms with E-state index in [4.69, 9.17) is 0 Å². The third kappa shape index (κ3) is 3.23. The second kappa shape index (κ2) is 5.98. The highest BCUT2D eigenvalue weighted by atomic mass is 14.9. The van der Waals surface area contributed by atoms with Crippen molar-refractivity contribution in [3.05, 3.63) is 23.4 Å². The summed E-state index contributed by atoms with van der Waals surface area (Å²) in [7, 11) is 3.89. The Hall–Kier alpha value is -0.760. The van der Waals surface area contributed by atoms with Gasteiger partial charge in [0.2, 0.25) is 0 Å². The zero-order valence-corrected chi connectivity index (χ0v) is 7.86. The monoisotopic (exact) mass is 154 g/mol. The van der Waals surface area contributed by atoms with Gasteiger partial charge in [-0.05, 0) is 26.5 Å². The first-order valence-corrected chi connectivity index (χ1v) is 3.94. The molecule has 0 aliphatic heterocycles. The van der Waals surface area contributed by atoms with E-state index in [1.54, 1.807) is 0 Å². The molecule has 0 aliphatic rings. The van der Waals surface area contributed by atoms with Gasteiger partial charge in [0.05, 0.1) is 0 Å². The van der Waals surface area contributed by atoms with Crippen LogP contribution in [0.25, 0.3) is 0 Å². The van der Waals surface area contributed by atoms with Crippen molar-refractivity contribution in [3.63, 3.8) is 0 Å². The molecule has 2 N–H and O–H groups in total. The zero-order valence-electron chi connectivity index (χ0n) is 7.86. The standard InChI is InChI=1S/C9H18N2/c1-5-8(7-10-3)9(6-2)11-4/h5-6,10-11H,7H2,1-4H3/b8-5-,9-6+. The Morgan fingerprint density at radius 2 is 1.82 bits per heavy atom. The highest BCUT2D eigenvalue weighted by molar-refractivity contribution is 5.29. The number of likely N-dealkylation sites (N-methyl/N-ethyl adjacent to an activating group) is 2. The van der Waals surface area contributed by atoms with Crippen molar-refractivity contribution in [2.24, 2.45) is 0 Å². The minimum atomic E-state index is 0.914. The Morgan fingerprint density at radius 3 is 2.09 bits per heavy atom. The van der Waals surface area contributed by atoms with E-state index in [1.807, 2.05) is 27.9 Å². The lowest BCUT2D eigenvalue weighted by Crippen LogP contribution is -2.17. The van der Waals surface area contributed by atoms with Crippen LogP contribution in [0.5, 0.6) is 0 Å². The second-order valence-corrected chi connectivity index (χ2v) is 2.30. The second-order valence-electron chi connectivity index (χ2n) is 2.30. The molecule has 0 saturated heterocycles. The predicted octanol–water partition coefficient (Wildman–Crippen LogP) is 1.28. The maximum atomic E-state index is 3.14. The fourth-order valence-electron chi connectivity index (χ4n) is 1.03. The van der Waals surface area contributed by atoms with Crippen molar-refractivity contribution in [2.45, 2.75) is 13.8 Å². The van der Waals surface area contributed by atoms with Crippen molar-refractivity contribution in [2.75, 3.05) is 20.6 Å². The van der Waals surface area contributed by atoms with Gasteiger partial charge in [-0.1, -0.05) is 12.2 Å². The lowest BCUT2D eigenvalue weighted by molar-refractivity contribution is 0.853. The average molecular weight is 154 g/mol. The van der Waals surface area contributed by atoms with E-state index < -0.39 is 0 Å². The Labute approximate surface area is 69.4 Å². The number of nitrogens with one attached hydrogen (secondary N) is 2. The number of rotatable bonds is 4. The molecule has 64 valence electrons. The fourth-order valence-corrected chi connectivity index (χ4v) is 1.03. The summed E-state index contributed by atoms with van der Waals surface area (Å²) in [4.78, 5) is 0. The molecule has 0 saturated carbocycles. The summed E-state index contributed by atoms with van der Waals surface area (Å²) in [5.41, 5.74) is 2.50. The maximum absolute atomic E-state index is 3.14. The van der Waals surface area contributed by atoms with Crippen LogP contribution in [-0.2, 0) is 0 Å². The van der Waals surface area contributed by atoms with Gasteiger partial charge in [-0.3, -0.25) is 0 Å². The maximum Gasteiger partial charge on any atom is 0.0336 e. The van der Waals surface area contributed by atoms with Crippen molar-refractivity contribution in [1.29, 1.82) is 0 Å². The molecule has 0 aromatic heterocycles. The summed E-state index contributed by atoms with van der Waals surface area (Å²) in [6, 6.07) is 0. The van der Waals surface area contributed by atoms with Crippen LogP contribution in [-0.4, -0.2) is 20.6 Å². The highest BCUT2D eigenvalue weighted by Gasteiger charge is 1.97. The molecular formula is C9H18N2. The summed E-state index contributed by atoms with van der Waals surface area (Å²) in [6.45, 7) is 5.00. The van der Waals surface area contributed by atoms with Crippen LogP contribution in [0.3, 0.4) is 0 Å². The van der Waals surface area contributed by atoms with Crippen LogP contribution in [0.2, 0.25) is 0 Å². The predicted molar refractivity (Wildman–Crippen MR) is 50.5 cm³/mol. The largest absolute Gasteiger partial charge is 0.388 e. The molecule has 0 unspecified atom stereocenters. The van der Waals surface area contributed by atoms with Crippen LogP contribution in [0.15, 0.2) is 23.4 Å². The van der Waals surface area contributed by atoms with Gasteiger partial charge in [-0.25, -0.2) is 0 Å². The average Bonchev–Trinajstić information content (AvgIpc) is 2.05. The van der Waals surface area contributed by atoms with E-state index in [0.717, 1.165) is 6.54 Å². The molecule has 0 aromatic rings. The van der Waals surface area contributed by atoms with E-state index in [-0.39, 0.29) is 0 Å². The third-order valence-electron chi connectivity index (χ3n) is 1.62. The first-order valence-electron chi connectivity index (χ1n) is 3.94. The van der Waals surface area contributed by atoms with Crippen LogP contribution < -0.4 is 10.6 Å². The number of hydrogen-bond donors (Lipinski definition) is 2.